The molecule has 0 aromatic heterocycles. The van der Waals surface area contributed by atoms with Crippen LogP contribution in [0.1, 0.15) is 0 Å². The fourth-order valence-electron chi connectivity index (χ4n) is 1.03. The molecule has 0 fully saturated rings. The number of nitrogens with one attached hydrogen (secondary N) is 2. The molecule has 1 rings (SSSR count). The number of urea groups is 1. The molecule has 2 amide bonds. The van der Waals surface area contributed by atoms with Gasteiger partial charge in [0.1, 0.15) is 0 Å². The highest BCUT2D eigenvalue weighted by Gasteiger charge is 2.14. The lowest BCUT2D eigenvalue weighted by atomic mass is 10.3. The van der Waals surface area contributed by atoms with Crippen molar-refractivity contribution < 1.29 is 19.8 Å². The Kier molecular flexibility index (Phi) is 5.21. The number of amides is 2. The number of carboxylic acids is 1. The van der Waals surface area contributed by atoms with E-state index in [9.17, 15) is 9.59 Å². The molecule has 1 aromatic carbocycles. The Morgan fingerprint density at radius 3 is 2.50 bits per heavy atom. The normalized spacial score (nSPS) is 11.7. The predicted molar refractivity (Wildman–Crippen MR) is 67.1 cm³/mol. The van der Waals surface area contributed by atoms with Gasteiger partial charge in [-0.2, -0.15) is 0 Å². The molecule has 0 aliphatic rings. The van der Waals surface area contributed by atoms with Crippen molar-refractivity contribution >= 4 is 40.9 Å². The zero-order valence-electron chi connectivity index (χ0n) is 8.98. The number of rotatable bonds is 4. The second-order valence-corrected chi connectivity index (χ2v) is 4.13. The SMILES string of the molecule is O=C(NC[C@H](O)C(=O)O)Nc1ccc(Cl)c(Cl)c1. The van der Waals surface area contributed by atoms with E-state index in [1.54, 1.807) is 0 Å². The van der Waals surface area contributed by atoms with Gasteiger partial charge in [0, 0.05) is 5.69 Å². The van der Waals surface area contributed by atoms with Crippen LogP contribution in [0.25, 0.3) is 0 Å². The molecule has 18 heavy (non-hydrogen) atoms. The van der Waals surface area contributed by atoms with Crippen molar-refractivity contribution in [3.8, 4) is 0 Å². The molecule has 0 saturated carbocycles. The van der Waals surface area contributed by atoms with Crippen LogP contribution in [-0.2, 0) is 4.79 Å². The van der Waals surface area contributed by atoms with E-state index in [-0.39, 0.29) is 5.02 Å². The molecule has 8 heteroatoms. The van der Waals surface area contributed by atoms with Gasteiger partial charge in [0.2, 0.25) is 0 Å². The number of aliphatic carboxylic acids is 1. The summed E-state index contributed by atoms with van der Waals surface area (Å²) in [6.07, 6.45) is -1.65. The van der Waals surface area contributed by atoms with E-state index in [1.165, 1.54) is 18.2 Å². The third-order valence-corrected chi connectivity index (χ3v) is 2.66. The zero-order chi connectivity index (χ0) is 13.7. The van der Waals surface area contributed by atoms with Crippen LogP contribution >= 0.6 is 23.2 Å². The van der Waals surface area contributed by atoms with E-state index in [4.69, 9.17) is 33.4 Å². The van der Waals surface area contributed by atoms with Gasteiger partial charge in [-0.05, 0) is 18.2 Å². The van der Waals surface area contributed by atoms with Gasteiger partial charge in [-0.1, -0.05) is 23.2 Å². The Morgan fingerprint density at radius 2 is 1.94 bits per heavy atom. The first-order chi connectivity index (χ1) is 8.40. The van der Waals surface area contributed by atoms with Crippen molar-refractivity contribution in [2.24, 2.45) is 0 Å². The minimum atomic E-state index is -1.65. The van der Waals surface area contributed by atoms with Gasteiger partial charge in [-0.25, -0.2) is 9.59 Å². The molecule has 0 spiro atoms. The number of benzene rings is 1. The lowest BCUT2D eigenvalue weighted by Gasteiger charge is -2.09. The first-order valence-corrected chi connectivity index (χ1v) is 5.56. The Balaban J connectivity index is 2.49. The van der Waals surface area contributed by atoms with Crippen LogP contribution < -0.4 is 10.6 Å². The fraction of sp³-hybridized carbons (Fsp3) is 0.200. The molecule has 1 aromatic rings. The number of hydrogen-bond acceptors (Lipinski definition) is 3. The fourth-order valence-corrected chi connectivity index (χ4v) is 1.32. The summed E-state index contributed by atoms with van der Waals surface area (Å²) in [6, 6.07) is 3.82. The van der Waals surface area contributed by atoms with E-state index in [2.05, 4.69) is 10.6 Å². The lowest BCUT2D eigenvalue weighted by Crippen LogP contribution is -2.38. The molecule has 4 N–H and O–H groups in total. The number of carboxylic acid groups (broad SMARTS) is 1. The third-order valence-electron chi connectivity index (χ3n) is 1.92. The van der Waals surface area contributed by atoms with Crippen molar-refractivity contribution in [3.63, 3.8) is 0 Å². The quantitative estimate of drug-likeness (QED) is 0.677. The maximum atomic E-state index is 11.3. The molecule has 6 nitrogen and oxygen atoms in total. The van der Waals surface area contributed by atoms with Gasteiger partial charge >= 0.3 is 12.0 Å². The van der Waals surface area contributed by atoms with Crippen LogP contribution in [0, 0.1) is 0 Å². The van der Waals surface area contributed by atoms with E-state index < -0.39 is 24.6 Å². The van der Waals surface area contributed by atoms with Gasteiger partial charge in [-0.15, -0.1) is 0 Å². The van der Waals surface area contributed by atoms with E-state index in [1.807, 2.05) is 0 Å². The van der Waals surface area contributed by atoms with E-state index in [0.29, 0.717) is 10.7 Å². The molecular weight excluding hydrogens is 283 g/mol. The van der Waals surface area contributed by atoms with Gasteiger partial charge in [0.05, 0.1) is 16.6 Å². The highest BCUT2D eigenvalue weighted by atomic mass is 35.5. The number of anilines is 1. The van der Waals surface area contributed by atoms with Gasteiger partial charge in [0.15, 0.2) is 6.10 Å². The number of hydrogen-bond donors (Lipinski definition) is 4. The number of halogens is 2. The Bertz CT molecular complexity index is 467. The summed E-state index contributed by atoms with van der Waals surface area (Å²) in [4.78, 5) is 21.6. The first-order valence-electron chi connectivity index (χ1n) is 4.81. The van der Waals surface area contributed by atoms with Gasteiger partial charge in [-0.3, -0.25) is 0 Å². The zero-order valence-corrected chi connectivity index (χ0v) is 10.5. The Morgan fingerprint density at radius 1 is 1.28 bits per heavy atom. The molecule has 0 aliphatic heterocycles. The molecular formula is C10H10Cl2N2O4. The summed E-state index contributed by atoms with van der Waals surface area (Å²) >= 11 is 11.4. The van der Waals surface area contributed by atoms with Crippen LogP contribution in [0.3, 0.4) is 0 Å². The van der Waals surface area contributed by atoms with Crippen molar-refractivity contribution in [1.82, 2.24) is 5.32 Å². The average molecular weight is 293 g/mol. The molecule has 0 bridgehead atoms. The smallest absolute Gasteiger partial charge is 0.334 e. The second-order valence-electron chi connectivity index (χ2n) is 3.32. The largest absolute Gasteiger partial charge is 0.479 e. The summed E-state index contributed by atoms with van der Waals surface area (Å²) in [5.41, 5.74) is 0.395. The van der Waals surface area contributed by atoms with Crippen LogP contribution in [-0.4, -0.2) is 34.9 Å². The van der Waals surface area contributed by atoms with Gasteiger partial charge in [0.25, 0.3) is 0 Å². The highest BCUT2D eigenvalue weighted by molar-refractivity contribution is 6.42. The molecule has 0 saturated heterocycles. The molecule has 0 heterocycles. The molecule has 0 unspecified atom stereocenters. The topological polar surface area (TPSA) is 98.7 Å². The van der Waals surface area contributed by atoms with Crippen molar-refractivity contribution in [1.29, 1.82) is 0 Å². The Labute approximate surface area is 113 Å². The van der Waals surface area contributed by atoms with Crippen molar-refractivity contribution in [2.45, 2.75) is 6.10 Å². The van der Waals surface area contributed by atoms with Crippen LogP contribution in [0.2, 0.25) is 10.0 Å². The first kappa shape index (κ1) is 14.6. The third kappa shape index (κ3) is 4.40. The number of aliphatic hydroxyl groups excluding tert-OH is 1. The monoisotopic (exact) mass is 292 g/mol. The number of aliphatic hydroxyl groups is 1. The minimum absolute atomic E-state index is 0.278. The average Bonchev–Trinajstić information content (AvgIpc) is 2.30. The maximum Gasteiger partial charge on any atom is 0.334 e. The maximum absolute atomic E-state index is 11.3. The van der Waals surface area contributed by atoms with Crippen LogP contribution in [0.15, 0.2) is 18.2 Å². The predicted octanol–water partition coefficient (Wildman–Crippen LogP) is 1.56. The molecule has 0 aliphatic carbocycles. The minimum Gasteiger partial charge on any atom is -0.479 e. The van der Waals surface area contributed by atoms with Crippen LogP contribution in [0.5, 0.6) is 0 Å². The van der Waals surface area contributed by atoms with Gasteiger partial charge < -0.3 is 20.8 Å². The standard InChI is InChI=1S/C10H10Cl2N2O4/c11-6-2-1-5(3-7(6)12)14-10(18)13-4-8(15)9(16)17/h1-3,8,15H,4H2,(H,16,17)(H2,13,14,18)/t8-/m0/s1. The number of carbonyl (C=O) groups excluding carboxylic acids is 1. The molecule has 1 atom stereocenters. The lowest BCUT2D eigenvalue weighted by molar-refractivity contribution is -0.146. The summed E-state index contributed by atoms with van der Waals surface area (Å²) in [5.74, 6) is -1.41. The summed E-state index contributed by atoms with van der Waals surface area (Å²) in [5, 5.41) is 22.6. The van der Waals surface area contributed by atoms with Crippen molar-refractivity contribution in [3.05, 3.63) is 28.2 Å². The van der Waals surface area contributed by atoms with Crippen LogP contribution in [0.4, 0.5) is 10.5 Å². The Hall–Kier alpha value is -1.50. The molecule has 98 valence electrons. The molecule has 0 radical (unpaired) electrons. The summed E-state index contributed by atoms with van der Waals surface area (Å²) < 4.78 is 0. The second kappa shape index (κ2) is 6.44. The summed E-state index contributed by atoms with van der Waals surface area (Å²) in [6.45, 7) is -0.400. The number of carbonyl (C=O) groups is 2. The van der Waals surface area contributed by atoms with Crippen molar-refractivity contribution in [2.75, 3.05) is 11.9 Å². The summed E-state index contributed by atoms with van der Waals surface area (Å²) in [7, 11) is 0. The highest BCUT2D eigenvalue weighted by Crippen LogP contribution is 2.24. The van der Waals surface area contributed by atoms with E-state index in [0.717, 1.165) is 0 Å². The van der Waals surface area contributed by atoms with E-state index >= 15 is 0 Å².